The van der Waals surface area contributed by atoms with Gasteiger partial charge in [-0.1, -0.05) is 0 Å². The summed E-state index contributed by atoms with van der Waals surface area (Å²) in [6.45, 7) is 3.07. The zero-order valence-electron chi connectivity index (χ0n) is 12.7. The van der Waals surface area contributed by atoms with Gasteiger partial charge in [0.2, 0.25) is 5.91 Å². The van der Waals surface area contributed by atoms with E-state index in [2.05, 4.69) is 16.0 Å². The quantitative estimate of drug-likeness (QED) is 0.747. The molecule has 0 saturated carbocycles. The van der Waals surface area contributed by atoms with Gasteiger partial charge in [0.25, 0.3) is 0 Å². The van der Waals surface area contributed by atoms with Gasteiger partial charge >= 0.3 is 0 Å². The molecule has 1 amide bonds. The zero-order valence-corrected chi connectivity index (χ0v) is 12.7. The van der Waals surface area contributed by atoms with Crippen LogP contribution in [-0.4, -0.2) is 38.8 Å². The largest absolute Gasteiger partial charge is 0.342 e. The van der Waals surface area contributed by atoms with Crippen molar-refractivity contribution in [3.8, 4) is 6.07 Å². The van der Waals surface area contributed by atoms with Crippen LogP contribution in [0.2, 0.25) is 0 Å². The lowest BCUT2D eigenvalue weighted by molar-refractivity contribution is -0.127. The number of hydrogen-bond donors (Lipinski definition) is 1. The van der Waals surface area contributed by atoms with Gasteiger partial charge in [-0.15, -0.1) is 0 Å². The van der Waals surface area contributed by atoms with Crippen molar-refractivity contribution in [1.29, 1.82) is 5.26 Å². The van der Waals surface area contributed by atoms with Gasteiger partial charge in [0.05, 0.1) is 34.4 Å². The number of carbonyl (C=O) groups excluding carboxylic acids is 1. The van der Waals surface area contributed by atoms with Crippen LogP contribution in [0.1, 0.15) is 30.7 Å². The minimum absolute atomic E-state index is 0.106. The molecule has 114 valence electrons. The summed E-state index contributed by atoms with van der Waals surface area (Å²) in [5.74, 6) is 1.22. The number of likely N-dealkylation sites (tertiary alicyclic amines) is 1. The number of rotatable bonds is 1. The molecule has 3 heterocycles. The maximum atomic E-state index is 11.5. The van der Waals surface area contributed by atoms with Crippen LogP contribution in [-0.2, 0) is 4.79 Å². The summed E-state index contributed by atoms with van der Waals surface area (Å²) in [6.07, 6.45) is 2.69. The topological polar surface area (TPSA) is 85.7 Å². The molecule has 0 spiro atoms. The predicted molar refractivity (Wildman–Crippen MR) is 85.7 cm³/mol. The van der Waals surface area contributed by atoms with E-state index in [1.165, 1.54) is 0 Å². The molecule has 6 nitrogen and oxygen atoms in total. The lowest BCUT2D eigenvalue weighted by Gasteiger charge is -2.12. The van der Waals surface area contributed by atoms with Crippen molar-refractivity contribution in [3.63, 3.8) is 0 Å². The van der Waals surface area contributed by atoms with Crippen LogP contribution in [0.25, 0.3) is 21.9 Å². The fraction of sp³-hybridized carbons (Fsp3) is 0.294. The van der Waals surface area contributed by atoms with Gasteiger partial charge in [0, 0.05) is 31.3 Å². The number of imidazole rings is 1. The molecule has 0 unspecified atom stereocenters. The summed E-state index contributed by atoms with van der Waals surface area (Å²) in [5.41, 5.74) is 3.12. The molecular weight excluding hydrogens is 290 g/mol. The third kappa shape index (κ3) is 2.21. The van der Waals surface area contributed by atoms with Crippen molar-refractivity contribution in [2.45, 2.75) is 19.3 Å². The standard InChI is InChI=1S/C17H15N5O/c1-10(23)22-5-4-12(9-22)17-20-15-8-19-14-3-2-11(7-18)6-13(14)16(15)21-17/h2-3,6,8,12H,4-5,9H2,1H3,(H,20,21)/t12-/m0/s1. The van der Waals surface area contributed by atoms with E-state index < -0.39 is 0 Å². The summed E-state index contributed by atoms with van der Waals surface area (Å²) in [7, 11) is 0. The third-order valence-electron chi connectivity index (χ3n) is 4.48. The Balaban J connectivity index is 1.80. The van der Waals surface area contributed by atoms with E-state index in [1.807, 2.05) is 17.0 Å². The number of nitriles is 1. The SMILES string of the molecule is CC(=O)N1CC[C@H](c2nc3c(cnc4ccc(C#N)cc43)[nH]2)C1. The minimum Gasteiger partial charge on any atom is -0.342 e. The smallest absolute Gasteiger partial charge is 0.219 e. The zero-order chi connectivity index (χ0) is 16.0. The number of pyridine rings is 1. The monoisotopic (exact) mass is 305 g/mol. The van der Waals surface area contributed by atoms with Crippen molar-refractivity contribution < 1.29 is 4.79 Å². The molecule has 1 saturated heterocycles. The maximum absolute atomic E-state index is 11.5. The van der Waals surface area contributed by atoms with E-state index in [9.17, 15) is 4.79 Å². The number of aromatic nitrogens is 3. The van der Waals surface area contributed by atoms with E-state index in [1.54, 1.807) is 19.2 Å². The van der Waals surface area contributed by atoms with Crippen molar-refractivity contribution in [3.05, 3.63) is 35.8 Å². The van der Waals surface area contributed by atoms with Gasteiger partial charge in [0.1, 0.15) is 5.82 Å². The van der Waals surface area contributed by atoms with Crippen LogP contribution in [0.4, 0.5) is 0 Å². The number of aromatic amines is 1. The number of nitrogens with one attached hydrogen (secondary N) is 1. The first kappa shape index (κ1) is 13.7. The Morgan fingerprint density at radius 3 is 3.09 bits per heavy atom. The van der Waals surface area contributed by atoms with Gasteiger partial charge in [-0.2, -0.15) is 5.26 Å². The number of benzene rings is 1. The fourth-order valence-corrected chi connectivity index (χ4v) is 3.21. The van der Waals surface area contributed by atoms with E-state index in [-0.39, 0.29) is 11.8 Å². The molecule has 2 aromatic heterocycles. The molecular formula is C17H15N5O. The molecule has 3 aromatic rings. The van der Waals surface area contributed by atoms with Crippen molar-refractivity contribution in [2.24, 2.45) is 0 Å². The highest BCUT2D eigenvalue weighted by Crippen LogP contribution is 2.29. The summed E-state index contributed by atoms with van der Waals surface area (Å²) < 4.78 is 0. The van der Waals surface area contributed by atoms with E-state index >= 15 is 0 Å². The molecule has 23 heavy (non-hydrogen) atoms. The Morgan fingerprint density at radius 1 is 1.48 bits per heavy atom. The molecule has 0 radical (unpaired) electrons. The summed E-state index contributed by atoms with van der Waals surface area (Å²) in [6, 6.07) is 7.58. The molecule has 1 aromatic carbocycles. The normalized spacial score (nSPS) is 17.7. The Kier molecular flexibility index (Phi) is 3.01. The van der Waals surface area contributed by atoms with Crippen molar-refractivity contribution in [1.82, 2.24) is 19.9 Å². The Bertz CT molecular complexity index is 968. The van der Waals surface area contributed by atoms with Gasteiger partial charge in [-0.05, 0) is 24.6 Å². The van der Waals surface area contributed by atoms with Crippen molar-refractivity contribution in [2.75, 3.05) is 13.1 Å². The second kappa shape index (κ2) is 5.06. The van der Waals surface area contributed by atoms with Gasteiger partial charge in [-0.25, -0.2) is 4.98 Å². The first-order valence-corrected chi connectivity index (χ1v) is 7.59. The van der Waals surface area contributed by atoms with E-state index in [0.29, 0.717) is 12.1 Å². The van der Waals surface area contributed by atoms with Gasteiger partial charge in [-0.3, -0.25) is 9.78 Å². The van der Waals surface area contributed by atoms with Crippen LogP contribution >= 0.6 is 0 Å². The molecule has 1 N–H and O–H groups in total. The summed E-state index contributed by atoms with van der Waals surface area (Å²) >= 11 is 0. The molecule has 1 aliphatic heterocycles. The highest BCUT2D eigenvalue weighted by Gasteiger charge is 2.27. The first-order chi connectivity index (χ1) is 11.2. The Morgan fingerprint density at radius 2 is 2.35 bits per heavy atom. The first-order valence-electron chi connectivity index (χ1n) is 7.59. The van der Waals surface area contributed by atoms with E-state index in [4.69, 9.17) is 10.2 Å². The number of H-pyrrole nitrogens is 1. The fourth-order valence-electron chi connectivity index (χ4n) is 3.21. The van der Waals surface area contributed by atoms with Crippen LogP contribution in [0.3, 0.4) is 0 Å². The Hall–Kier alpha value is -2.94. The van der Waals surface area contributed by atoms with Crippen LogP contribution < -0.4 is 0 Å². The molecule has 0 bridgehead atoms. The second-order valence-corrected chi connectivity index (χ2v) is 5.94. The van der Waals surface area contributed by atoms with Gasteiger partial charge < -0.3 is 9.88 Å². The summed E-state index contributed by atoms with van der Waals surface area (Å²) in [4.78, 5) is 25.8. The third-order valence-corrected chi connectivity index (χ3v) is 4.48. The Labute approximate surface area is 132 Å². The van der Waals surface area contributed by atoms with Crippen LogP contribution in [0.5, 0.6) is 0 Å². The molecule has 1 fully saturated rings. The number of nitrogens with zero attached hydrogens (tertiary/aromatic N) is 4. The lowest BCUT2D eigenvalue weighted by Crippen LogP contribution is -2.25. The van der Waals surface area contributed by atoms with E-state index in [0.717, 1.165) is 40.7 Å². The summed E-state index contributed by atoms with van der Waals surface area (Å²) in [5, 5.41) is 9.97. The molecule has 0 aliphatic carbocycles. The highest BCUT2D eigenvalue weighted by molar-refractivity contribution is 6.02. The number of hydrogen-bond acceptors (Lipinski definition) is 4. The molecule has 1 aliphatic rings. The van der Waals surface area contributed by atoms with Crippen LogP contribution in [0.15, 0.2) is 24.4 Å². The second-order valence-electron chi connectivity index (χ2n) is 5.94. The van der Waals surface area contributed by atoms with Crippen LogP contribution in [0, 0.1) is 11.3 Å². The molecule has 6 heteroatoms. The maximum Gasteiger partial charge on any atom is 0.219 e. The lowest BCUT2D eigenvalue weighted by atomic mass is 10.1. The number of amides is 1. The molecule has 1 atom stereocenters. The minimum atomic E-state index is 0.106. The average Bonchev–Trinajstić information content (AvgIpc) is 3.20. The number of carbonyl (C=O) groups is 1. The van der Waals surface area contributed by atoms with Crippen molar-refractivity contribution >= 4 is 27.8 Å². The molecule has 4 rings (SSSR count). The highest BCUT2D eigenvalue weighted by atomic mass is 16.2. The predicted octanol–water partition coefficient (Wildman–Crippen LogP) is 2.32. The average molecular weight is 305 g/mol. The van der Waals surface area contributed by atoms with Gasteiger partial charge in [0.15, 0.2) is 0 Å². The number of fused-ring (bicyclic) bond motifs is 3.